The Bertz CT molecular complexity index is 1690. The highest BCUT2D eigenvalue weighted by molar-refractivity contribution is 5.91. The highest BCUT2D eigenvalue weighted by Gasteiger charge is 2.33. The Balaban J connectivity index is 1.16. The van der Waals surface area contributed by atoms with Crippen LogP contribution >= 0.6 is 0 Å². The zero-order chi connectivity index (χ0) is 33.8. The van der Waals surface area contributed by atoms with E-state index in [1.165, 1.54) is 19.4 Å². The molecule has 1 saturated carbocycles. The molecule has 0 atom stereocenters. The van der Waals surface area contributed by atoms with Crippen molar-refractivity contribution >= 4 is 17.8 Å². The van der Waals surface area contributed by atoms with Crippen molar-refractivity contribution in [2.45, 2.75) is 50.2 Å². The van der Waals surface area contributed by atoms with Crippen LogP contribution in [0, 0.1) is 5.92 Å². The molecule has 1 aliphatic heterocycles. The molecule has 254 valence electrons. The second-order valence-electron chi connectivity index (χ2n) is 11.4. The topological polar surface area (TPSA) is 259 Å². The summed E-state index contributed by atoms with van der Waals surface area (Å²) in [6, 6.07) is 1.00. The van der Waals surface area contributed by atoms with Crippen LogP contribution in [-0.4, -0.2) is 110 Å². The number of amides is 2. The van der Waals surface area contributed by atoms with Crippen molar-refractivity contribution in [3.05, 3.63) is 48.8 Å². The molecule has 19 heteroatoms. The molecule has 2 aliphatic rings. The molecule has 0 bridgehead atoms. The van der Waals surface area contributed by atoms with Crippen LogP contribution in [0.3, 0.4) is 0 Å². The minimum atomic E-state index is -3.27. The molecule has 0 aromatic carbocycles. The number of aromatic nitrogens is 8. The van der Waals surface area contributed by atoms with Gasteiger partial charge in [-0.25, -0.2) is 34.4 Å². The van der Waals surface area contributed by atoms with Crippen molar-refractivity contribution in [1.82, 2.24) is 45.0 Å². The summed E-state index contributed by atoms with van der Waals surface area (Å²) >= 11 is 0. The summed E-state index contributed by atoms with van der Waals surface area (Å²) in [7, 11) is 1.48. The predicted molar refractivity (Wildman–Crippen MR) is 165 cm³/mol. The zero-order valence-corrected chi connectivity index (χ0v) is 25.8. The first-order valence-electron chi connectivity index (χ1n) is 15.1. The van der Waals surface area contributed by atoms with Gasteiger partial charge in [0.05, 0.1) is 44.0 Å². The summed E-state index contributed by atoms with van der Waals surface area (Å²) < 4.78 is 11.1. The van der Waals surface area contributed by atoms with Gasteiger partial charge in [-0.3, -0.25) is 9.88 Å². The summed E-state index contributed by atoms with van der Waals surface area (Å²) in [6.07, 6.45) is 9.08. The number of nitrogens with zero attached hydrogens (tertiary/aromatic N) is 9. The van der Waals surface area contributed by atoms with Gasteiger partial charge in [0.2, 0.25) is 5.95 Å². The molecule has 7 N–H and O–H groups in total. The second-order valence-corrected chi connectivity index (χ2v) is 11.4. The summed E-state index contributed by atoms with van der Waals surface area (Å²) in [4.78, 5) is 41.0. The number of anilines is 2. The third kappa shape index (κ3) is 7.46. The van der Waals surface area contributed by atoms with Crippen LogP contribution in [0.25, 0.3) is 22.6 Å². The maximum atomic E-state index is 13.6. The number of methoxy groups -OCH3 is 1. The van der Waals surface area contributed by atoms with Gasteiger partial charge in [0.15, 0.2) is 5.82 Å². The molecule has 0 unspecified atom stereocenters. The standard InChI is InChI=1S/C29H35N11O8/c1-47-26-33-9-17(10-34-26)22-12-31-23(13-30-22)40(27(41)35-8-16-14-48-15-16)19-4-2-18(3-5-19)36-25-32-11-20(29(44,45)46)24(37-25)21-6-7-39(38-21)28(42)43/h6-7,9-13,16,18-19,28,42-46H,2-5,8,14-15H2,1H3,(H,35,41)(H,32,36,37)/t18-,19-. The molecular weight excluding hydrogens is 630 g/mol. The Labute approximate surface area is 273 Å². The Hall–Kier alpha value is -4.92. The predicted octanol–water partition coefficient (Wildman–Crippen LogP) is -0.291. The fraction of sp³-hybridized carbons (Fsp3) is 0.448. The lowest BCUT2D eigenvalue weighted by Crippen LogP contribution is -2.51. The van der Waals surface area contributed by atoms with Crippen molar-refractivity contribution in [2.24, 2.45) is 5.92 Å². The molecule has 4 aromatic rings. The van der Waals surface area contributed by atoms with Crippen LogP contribution in [-0.2, 0) is 10.7 Å². The SMILES string of the molecule is COc1ncc(-c2cnc(N(C(=O)NCC3COC3)[C@H]3CC[C@H](Nc4ncc(C(O)(O)O)c(-c5ccn(C(O)O)n5)n4)CC3)cn2)cn1. The third-order valence-corrected chi connectivity index (χ3v) is 8.09. The van der Waals surface area contributed by atoms with Gasteiger partial charge in [-0.05, 0) is 31.7 Å². The van der Waals surface area contributed by atoms with Gasteiger partial charge in [-0.1, -0.05) is 0 Å². The quantitative estimate of drug-likeness (QED) is 0.102. The van der Waals surface area contributed by atoms with Crippen molar-refractivity contribution in [3.8, 4) is 28.7 Å². The first-order chi connectivity index (χ1) is 23.1. The van der Waals surface area contributed by atoms with Gasteiger partial charge in [-0.2, -0.15) is 5.10 Å². The van der Waals surface area contributed by atoms with Crippen LogP contribution in [0.5, 0.6) is 6.01 Å². The van der Waals surface area contributed by atoms with Gasteiger partial charge in [-0.15, -0.1) is 0 Å². The lowest BCUT2D eigenvalue weighted by atomic mass is 9.90. The van der Waals surface area contributed by atoms with Crippen molar-refractivity contribution < 1.29 is 39.8 Å². The van der Waals surface area contributed by atoms with Crippen molar-refractivity contribution in [2.75, 3.05) is 37.1 Å². The zero-order valence-electron chi connectivity index (χ0n) is 25.8. The minimum Gasteiger partial charge on any atom is -0.467 e. The number of hydrogen-bond donors (Lipinski definition) is 7. The van der Waals surface area contributed by atoms with E-state index in [1.807, 2.05) is 0 Å². The van der Waals surface area contributed by atoms with E-state index in [2.05, 4.69) is 45.6 Å². The van der Waals surface area contributed by atoms with Gasteiger partial charge in [0.1, 0.15) is 11.4 Å². The summed E-state index contributed by atoms with van der Waals surface area (Å²) in [5.41, 5.74) is 0.636. The Kier molecular flexibility index (Phi) is 9.66. The van der Waals surface area contributed by atoms with E-state index in [4.69, 9.17) is 9.47 Å². The van der Waals surface area contributed by atoms with Crippen LogP contribution in [0.15, 0.2) is 43.2 Å². The average Bonchev–Trinajstić information content (AvgIpc) is 3.56. The fourth-order valence-corrected chi connectivity index (χ4v) is 5.47. The first-order valence-corrected chi connectivity index (χ1v) is 15.1. The van der Waals surface area contributed by atoms with E-state index in [9.17, 15) is 30.3 Å². The number of ether oxygens (including phenoxy) is 2. The van der Waals surface area contributed by atoms with E-state index in [-0.39, 0.29) is 47.4 Å². The molecule has 19 nitrogen and oxygen atoms in total. The number of rotatable bonds is 11. The number of aliphatic hydroxyl groups excluding tert-OH is 1. The highest BCUT2D eigenvalue weighted by atomic mass is 16.7. The Morgan fingerprint density at radius 2 is 1.77 bits per heavy atom. The summed E-state index contributed by atoms with van der Waals surface area (Å²) in [5, 5.41) is 58.6. The normalized spacial score (nSPS) is 18.3. The van der Waals surface area contributed by atoms with Crippen LogP contribution < -0.4 is 20.3 Å². The molecule has 5 heterocycles. The van der Waals surface area contributed by atoms with Gasteiger partial charge >= 0.3 is 18.0 Å². The van der Waals surface area contributed by atoms with E-state index in [0.29, 0.717) is 62.5 Å². The Morgan fingerprint density at radius 1 is 1.02 bits per heavy atom. The first kappa shape index (κ1) is 33.0. The lowest BCUT2D eigenvalue weighted by molar-refractivity contribution is -0.323. The Morgan fingerprint density at radius 3 is 2.35 bits per heavy atom. The van der Waals surface area contributed by atoms with Gasteiger partial charge < -0.3 is 45.6 Å². The molecular formula is C29H35N11O8. The number of nitrogens with one attached hydrogen (secondary N) is 2. The van der Waals surface area contributed by atoms with E-state index < -0.39 is 18.0 Å². The molecule has 6 rings (SSSR count). The molecule has 0 spiro atoms. The molecule has 0 radical (unpaired) electrons. The van der Waals surface area contributed by atoms with E-state index in [0.717, 1.165) is 10.9 Å². The van der Waals surface area contributed by atoms with Crippen LogP contribution in [0.1, 0.15) is 37.7 Å². The number of hydrogen-bond acceptors (Lipinski definition) is 16. The molecule has 48 heavy (non-hydrogen) atoms. The van der Waals surface area contributed by atoms with Gasteiger partial charge in [0.25, 0.3) is 6.41 Å². The van der Waals surface area contributed by atoms with Gasteiger partial charge in [0, 0.05) is 54.9 Å². The number of aliphatic hydroxyl groups is 5. The second kappa shape index (κ2) is 14.1. The molecule has 2 fully saturated rings. The van der Waals surface area contributed by atoms with Crippen LogP contribution in [0.4, 0.5) is 16.6 Å². The fourth-order valence-electron chi connectivity index (χ4n) is 5.47. The molecule has 1 aliphatic carbocycles. The van der Waals surface area contributed by atoms with E-state index in [1.54, 1.807) is 29.7 Å². The molecule has 4 aromatic heterocycles. The van der Waals surface area contributed by atoms with Crippen molar-refractivity contribution in [1.29, 1.82) is 0 Å². The maximum Gasteiger partial charge on any atom is 0.323 e. The lowest BCUT2D eigenvalue weighted by Gasteiger charge is -2.37. The molecule has 2 amide bonds. The molecule has 1 saturated heterocycles. The maximum absolute atomic E-state index is 13.6. The highest BCUT2D eigenvalue weighted by Crippen LogP contribution is 2.31. The smallest absolute Gasteiger partial charge is 0.323 e. The average molecular weight is 666 g/mol. The third-order valence-electron chi connectivity index (χ3n) is 8.09. The number of urea groups is 1. The van der Waals surface area contributed by atoms with E-state index >= 15 is 0 Å². The van der Waals surface area contributed by atoms with Crippen LogP contribution in [0.2, 0.25) is 0 Å². The number of carbonyl (C=O) groups excluding carboxylic acids is 1. The summed E-state index contributed by atoms with van der Waals surface area (Å²) in [6.45, 7) is 1.67. The minimum absolute atomic E-state index is 0.0375. The van der Waals surface area contributed by atoms with Crippen molar-refractivity contribution in [3.63, 3.8) is 0 Å². The monoisotopic (exact) mass is 665 g/mol. The number of carbonyl (C=O) groups is 1. The summed E-state index contributed by atoms with van der Waals surface area (Å²) in [5.74, 6) is -2.50. The largest absolute Gasteiger partial charge is 0.467 e.